The van der Waals surface area contributed by atoms with Gasteiger partial charge in [-0.2, -0.15) is 29.0 Å². The van der Waals surface area contributed by atoms with E-state index in [0.29, 0.717) is 62.8 Å². The van der Waals surface area contributed by atoms with Gasteiger partial charge in [-0.05, 0) is 138 Å². The Hall–Kier alpha value is -13.0. The number of aryl methyl sites for hydroxylation is 3. The number of pyridine rings is 9. The number of rotatable bonds is 15. The number of nitriles is 3. The number of phenolic OH excluding ortho intramolecular Hbond substituents is 3. The standard InChI is InChI=1S/C33H30Cl2F2N6O3.2C32H27Cl3F2N6O3/c1-7-22(44)42-11-10-41(14-17(42)5)30-19-12-21(34)28(23-18(6)31(45)26(37)25(36)24(23)35)40-32(19)43(33(46)20(30)13-38)29-16(4)8-9-39-27(29)15(2)3;2*1-6-20(44)42-10-9-41(13-16(42)5)29-17-11-19(33)27(21-22(34)24(36)25(37)30(45)23(21)35)40-31(17)43(32(46)18(29)12-38)28-15(4)7-8-39-26(28)14(2)3/h7-9,12,15,17,45H,1,10-11,14H2,2-6H3;2*6-8,11,14,16,45H,1,9-10,13H2,2-5H3/t17-;2*16-/m111/s1. The zero-order chi connectivity index (χ0) is 101. The maximum Gasteiger partial charge on any atom is 0.276 e. The lowest BCUT2D eigenvalue weighted by Crippen LogP contribution is -2.54. The molecule has 138 heavy (non-hydrogen) atoms. The molecule has 15 rings (SSSR count). The minimum absolute atomic E-state index is 0.00925. The van der Waals surface area contributed by atoms with Crippen molar-refractivity contribution < 1.29 is 56.0 Å². The molecule has 41 heteroatoms. The molecule has 3 aliphatic heterocycles. The van der Waals surface area contributed by atoms with Crippen molar-refractivity contribution in [3.63, 3.8) is 0 Å². The largest absolute Gasteiger partial charge is 0.505 e. The van der Waals surface area contributed by atoms with Gasteiger partial charge in [-0.15, -0.1) is 0 Å². The third kappa shape index (κ3) is 17.9. The van der Waals surface area contributed by atoms with Gasteiger partial charge < -0.3 is 44.7 Å². The van der Waals surface area contributed by atoms with Gasteiger partial charge in [0.25, 0.3) is 16.7 Å². The molecule has 3 aromatic carbocycles. The van der Waals surface area contributed by atoms with E-state index in [1.165, 1.54) is 57.1 Å². The van der Waals surface area contributed by atoms with Gasteiger partial charge in [0.1, 0.15) is 51.8 Å². The molecule has 3 atom stereocenters. The van der Waals surface area contributed by atoms with Crippen LogP contribution in [0.5, 0.6) is 17.2 Å². The first-order chi connectivity index (χ1) is 65.2. The zero-order valence-electron chi connectivity index (χ0n) is 76.0. The van der Waals surface area contributed by atoms with Crippen molar-refractivity contribution in [1.82, 2.24) is 58.3 Å². The Kier molecular flexibility index (Phi) is 30.1. The molecule has 0 spiro atoms. The summed E-state index contributed by atoms with van der Waals surface area (Å²) in [5, 5.41) is 59.2. The van der Waals surface area contributed by atoms with E-state index in [-0.39, 0.29) is 211 Å². The summed E-state index contributed by atoms with van der Waals surface area (Å²) in [6.45, 7) is 36.7. The molecule has 3 amide bonds. The summed E-state index contributed by atoms with van der Waals surface area (Å²) in [4.78, 5) is 119. The van der Waals surface area contributed by atoms with E-state index in [4.69, 9.17) is 97.8 Å². The smallest absolute Gasteiger partial charge is 0.276 e. The number of phenols is 3. The van der Waals surface area contributed by atoms with Crippen LogP contribution in [0.25, 0.3) is 83.9 Å². The number of nitrogens with zero attached hydrogens (tertiary/aromatic N) is 18. The molecule has 0 radical (unpaired) electrons. The van der Waals surface area contributed by atoms with Crippen molar-refractivity contribution in [2.45, 2.75) is 126 Å². The third-order valence-corrected chi connectivity index (χ3v) is 26.9. The highest BCUT2D eigenvalue weighted by molar-refractivity contribution is 6.43. The van der Waals surface area contributed by atoms with Crippen LogP contribution in [0.4, 0.5) is 43.4 Å². The predicted molar refractivity (Wildman–Crippen MR) is 523 cm³/mol. The quantitative estimate of drug-likeness (QED) is 0.0371. The lowest BCUT2D eigenvalue weighted by atomic mass is 10.0. The number of carbonyl (C=O) groups is 3. The number of aromatic hydroxyl groups is 3. The molecular weight excluding hydrogens is 1960 g/mol. The van der Waals surface area contributed by atoms with Crippen LogP contribution in [0, 0.1) is 96.6 Å². The number of benzene rings is 3. The second-order valence-corrected chi connectivity index (χ2v) is 37.0. The van der Waals surface area contributed by atoms with Gasteiger partial charge in [0, 0.05) is 134 Å². The first-order valence-corrected chi connectivity index (χ1v) is 45.7. The summed E-state index contributed by atoms with van der Waals surface area (Å²) < 4.78 is 91.2. The van der Waals surface area contributed by atoms with E-state index >= 15 is 0 Å². The van der Waals surface area contributed by atoms with Crippen molar-refractivity contribution in [2.24, 2.45) is 0 Å². The maximum atomic E-state index is 14.8. The van der Waals surface area contributed by atoms with Gasteiger partial charge in [-0.1, -0.05) is 154 Å². The van der Waals surface area contributed by atoms with E-state index in [0.717, 1.165) is 0 Å². The number of hydrogen-bond donors (Lipinski definition) is 3. The average molecular weight is 2040 g/mol. The second kappa shape index (κ2) is 40.6. The van der Waals surface area contributed by atoms with Crippen LogP contribution >= 0.6 is 92.8 Å². The van der Waals surface area contributed by atoms with Crippen molar-refractivity contribution in [1.29, 1.82) is 15.8 Å². The molecule has 12 heterocycles. The van der Waals surface area contributed by atoms with Crippen molar-refractivity contribution in [3.05, 3.63) is 255 Å². The number of piperazine rings is 3. The van der Waals surface area contributed by atoms with Crippen LogP contribution in [0.15, 0.2) is 107 Å². The number of hydrogen-bond acceptors (Lipinski definition) is 21. The molecule has 714 valence electrons. The van der Waals surface area contributed by atoms with Gasteiger partial charge in [-0.3, -0.25) is 57.4 Å². The van der Waals surface area contributed by atoms with Crippen molar-refractivity contribution in [3.8, 4) is 86.3 Å². The molecule has 3 N–H and O–H groups in total. The Bertz CT molecular complexity index is 6790. The molecule has 3 fully saturated rings. The summed E-state index contributed by atoms with van der Waals surface area (Å²) in [5.41, 5.74) is 1.12. The summed E-state index contributed by atoms with van der Waals surface area (Å²) in [6.07, 6.45) is 8.51. The number of amides is 3. The molecule has 0 unspecified atom stereocenters. The Labute approximate surface area is 826 Å². The molecule has 27 nitrogen and oxygen atoms in total. The van der Waals surface area contributed by atoms with Crippen LogP contribution in [0.1, 0.15) is 136 Å². The zero-order valence-corrected chi connectivity index (χ0v) is 82.1. The van der Waals surface area contributed by atoms with E-state index in [1.54, 1.807) is 72.3 Å². The first kappa shape index (κ1) is 102. The first-order valence-electron chi connectivity index (χ1n) is 42.7. The topological polar surface area (TPSA) is 346 Å². The third-order valence-electron chi connectivity index (χ3n) is 24.3. The molecule has 9 aromatic heterocycles. The number of aromatic nitrogens is 9. The SMILES string of the molecule is C=CC(=O)N1CCN(c2c(C#N)c(=O)n(-c3c(C)ccnc3C(C)C)c3nc(-c4c(C)c(O)c(F)c(F)c4Cl)c(Cl)cc23)C[C@H]1C.C=CC(=O)N1CCN(c2c(C#N)c(=O)n(-c3c(C)ccnc3C(C)C)c3nc(-c4c(Cl)c(O)c(F)c(F)c4Cl)c(Cl)cc23)C[C@H]1C.C=CC(=O)N1CCN(c2c(C#N)c(=O)n(-c3c(C)ccnc3C(C)C)c3nc(-c4c(Cl)c(O)c(F)c(F)c4Cl)c(Cl)cc23)C[C@H]1C. The predicted octanol–water partition coefficient (Wildman–Crippen LogP) is 20.4. The Morgan fingerprint density at radius 3 is 0.906 bits per heavy atom. The van der Waals surface area contributed by atoms with Crippen LogP contribution in [0.3, 0.4) is 0 Å². The molecule has 0 saturated carbocycles. The van der Waals surface area contributed by atoms with Crippen LogP contribution < -0.4 is 31.4 Å². The Morgan fingerprint density at radius 2 is 0.659 bits per heavy atom. The van der Waals surface area contributed by atoms with Crippen molar-refractivity contribution >= 4 is 161 Å². The molecule has 0 bridgehead atoms. The molecule has 3 aliphatic rings. The Balaban J connectivity index is 0.000000175. The van der Waals surface area contributed by atoms with Gasteiger partial charge in [0.05, 0.1) is 108 Å². The summed E-state index contributed by atoms with van der Waals surface area (Å²) >= 11 is 51.6. The average Bonchev–Trinajstić information content (AvgIpc) is 0.726. The van der Waals surface area contributed by atoms with E-state index in [2.05, 4.69) is 62.9 Å². The number of halogens is 14. The highest BCUT2D eigenvalue weighted by atomic mass is 35.5. The Morgan fingerprint density at radius 1 is 0.406 bits per heavy atom. The minimum Gasteiger partial charge on any atom is -0.505 e. The van der Waals surface area contributed by atoms with Gasteiger partial charge >= 0.3 is 0 Å². The fraction of sp³-hybridized carbons (Fsp3) is 0.289. The normalized spacial score (nSPS) is 15.0. The molecule has 12 aromatic rings. The number of carbonyl (C=O) groups excluding carboxylic acids is 3. The number of anilines is 3. The van der Waals surface area contributed by atoms with Crippen molar-refractivity contribution in [2.75, 3.05) is 73.6 Å². The fourth-order valence-electron chi connectivity index (χ4n) is 17.6. The van der Waals surface area contributed by atoms with Crippen LogP contribution in [0.2, 0.25) is 40.2 Å². The monoisotopic (exact) mass is 2040 g/mol. The lowest BCUT2D eigenvalue weighted by Gasteiger charge is -2.41. The molecule has 3 saturated heterocycles. The fourth-order valence-corrected chi connectivity index (χ4v) is 19.8. The van der Waals surface area contributed by atoms with E-state index in [1.807, 2.05) is 77.0 Å². The second-order valence-electron chi connectivity index (χ2n) is 33.9. The van der Waals surface area contributed by atoms with Crippen LogP contribution in [-0.4, -0.2) is 168 Å². The van der Waals surface area contributed by atoms with Gasteiger partial charge in [0.2, 0.25) is 35.2 Å². The van der Waals surface area contributed by atoms with Gasteiger partial charge in [-0.25, -0.2) is 28.1 Å². The molecule has 0 aliphatic carbocycles. The summed E-state index contributed by atoms with van der Waals surface area (Å²) in [7, 11) is 0. The lowest BCUT2D eigenvalue weighted by molar-refractivity contribution is -0.129. The summed E-state index contributed by atoms with van der Waals surface area (Å²) in [6, 6.07) is 14.8. The van der Waals surface area contributed by atoms with Crippen LogP contribution in [-0.2, 0) is 14.4 Å². The van der Waals surface area contributed by atoms with E-state index in [9.17, 15) is 86.2 Å². The summed E-state index contributed by atoms with van der Waals surface area (Å²) in [5.74, 6) is -14.0. The van der Waals surface area contributed by atoms with Gasteiger partial charge in [0.15, 0.2) is 34.7 Å². The number of fused-ring (bicyclic) bond motifs is 3. The minimum atomic E-state index is -1.65. The van der Waals surface area contributed by atoms with E-state index < -0.39 is 105 Å². The highest BCUT2D eigenvalue weighted by Crippen LogP contribution is 2.51. The molecular formula is C97H84Cl8F6N18O9. The highest BCUT2D eigenvalue weighted by Gasteiger charge is 2.40. The maximum absolute atomic E-state index is 14.8.